The van der Waals surface area contributed by atoms with Gasteiger partial charge in [0, 0.05) is 26.1 Å². The van der Waals surface area contributed by atoms with Gasteiger partial charge in [0.25, 0.3) is 0 Å². The van der Waals surface area contributed by atoms with E-state index in [1.807, 2.05) is 36.0 Å². The fraction of sp³-hybridized carbons (Fsp3) is 0.586. The van der Waals surface area contributed by atoms with Crippen molar-refractivity contribution in [3.63, 3.8) is 0 Å². The van der Waals surface area contributed by atoms with Crippen LogP contribution in [0.3, 0.4) is 0 Å². The Morgan fingerprint density at radius 1 is 0.914 bits per heavy atom. The van der Waals surface area contributed by atoms with Crippen molar-refractivity contribution in [1.82, 2.24) is 5.32 Å². The van der Waals surface area contributed by atoms with Crippen molar-refractivity contribution in [2.45, 2.75) is 108 Å². The molecule has 1 N–H and O–H groups in total. The van der Waals surface area contributed by atoms with Gasteiger partial charge >= 0.3 is 0 Å². The molecular weight excluding hydrogens is 509 g/mol. The van der Waals surface area contributed by atoms with Crippen LogP contribution in [0.15, 0.2) is 48.5 Å². The van der Waals surface area contributed by atoms with Crippen LogP contribution in [0.4, 0.5) is 0 Å². The first-order chi connectivity index (χ1) is 16.0. The lowest BCUT2D eigenvalue weighted by atomic mass is 9.94. The van der Waals surface area contributed by atoms with E-state index in [-0.39, 0.29) is 21.9 Å². The molecular formula is C29H45Cl2NOSSi. The van der Waals surface area contributed by atoms with Crippen molar-refractivity contribution in [2.24, 2.45) is 0 Å². The Balaban J connectivity index is 2.61. The molecule has 2 rings (SSSR count). The molecule has 0 radical (unpaired) electrons. The Morgan fingerprint density at radius 3 is 2.00 bits per heavy atom. The Kier molecular flexibility index (Phi) is 10.9. The first kappa shape index (κ1) is 30.7. The topological polar surface area (TPSA) is 21.3 Å². The predicted molar refractivity (Wildman–Crippen MR) is 161 cm³/mol. The first-order valence-corrected chi connectivity index (χ1v) is 17.2. The van der Waals surface area contributed by atoms with E-state index in [1.54, 1.807) is 0 Å². The maximum absolute atomic E-state index is 7.19. The second kappa shape index (κ2) is 12.4. The molecule has 0 fully saturated rings. The van der Waals surface area contributed by atoms with Crippen LogP contribution in [0, 0.1) is 0 Å². The molecule has 35 heavy (non-hydrogen) atoms. The van der Waals surface area contributed by atoms with E-state index in [2.05, 4.69) is 98.1 Å². The molecule has 0 saturated heterocycles. The lowest BCUT2D eigenvalue weighted by Gasteiger charge is -2.43. The fourth-order valence-electron chi connectivity index (χ4n) is 3.99. The van der Waals surface area contributed by atoms with Crippen LogP contribution in [0.2, 0.25) is 28.2 Å². The summed E-state index contributed by atoms with van der Waals surface area (Å²) in [5.41, 5.74) is 2.27. The molecule has 2 nitrogen and oxygen atoms in total. The highest BCUT2D eigenvalue weighted by Gasteiger charge is 2.42. The third kappa shape index (κ3) is 9.09. The van der Waals surface area contributed by atoms with Crippen LogP contribution in [0.5, 0.6) is 0 Å². The minimum Gasteiger partial charge on any atom is -0.408 e. The van der Waals surface area contributed by atoms with E-state index in [4.69, 9.17) is 27.6 Å². The van der Waals surface area contributed by atoms with E-state index in [0.29, 0.717) is 11.3 Å². The maximum atomic E-state index is 7.19. The summed E-state index contributed by atoms with van der Waals surface area (Å²) >= 11 is 14.8. The quantitative estimate of drug-likeness (QED) is 0.295. The Bertz CT molecular complexity index is 937. The van der Waals surface area contributed by atoms with Crippen LogP contribution < -0.4 is 5.32 Å². The number of hydrogen-bond donors (Lipinski definition) is 1. The zero-order valence-electron chi connectivity index (χ0n) is 23.2. The number of rotatable bonds is 10. The van der Waals surface area contributed by atoms with Gasteiger partial charge in [-0.1, -0.05) is 103 Å². The van der Waals surface area contributed by atoms with E-state index in [0.717, 1.165) is 22.0 Å². The van der Waals surface area contributed by atoms with Gasteiger partial charge in [-0.2, -0.15) is 11.8 Å². The standard InChI is InChI=1S/C29H45Cl2NOSSi/c1-11-25(20(2)34-28(3,4)5)32-26(21-15-17-23(30)18-16-21)27(22-13-12-14-24(31)19-22)33-35(9,10)29(6,7)8/h12-20,25-27,32H,11H2,1-10H3/t20-,25+,26-,27-/m1/s1. The monoisotopic (exact) mass is 553 g/mol. The number of hydrogen-bond acceptors (Lipinski definition) is 3. The van der Waals surface area contributed by atoms with Gasteiger partial charge in [-0.3, -0.25) is 0 Å². The summed E-state index contributed by atoms with van der Waals surface area (Å²) < 4.78 is 7.38. The highest BCUT2D eigenvalue weighted by molar-refractivity contribution is 8.01. The van der Waals surface area contributed by atoms with Gasteiger partial charge in [-0.25, -0.2) is 0 Å². The molecule has 0 aliphatic carbocycles. The second-order valence-corrected chi connectivity index (χ2v) is 19.8. The predicted octanol–water partition coefficient (Wildman–Crippen LogP) is 10.1. The largest absolute Gasteiger partial charge is 0.408 e. The van der Waals surface area contributed by atoms with Gasteiger partial charge in [0.05, 0.1) is 12.1 Å². The highest BCUT2D eigenvalue weighted by atomic mass is 35.5. The second-order valence-electron chi connectivity index (χ2n) is 12.0. The molecule has 196 valence electrons. The summed E-state index contributed by atoms with van der Waals surface area (Å²) in [7, 11) is -2.12. The lowest BCUT2D eigenvalue weighted by molar-refractivity contribution is 0.129. The van der Waals surface area contributed by atoms with Crippen molar-refractivity contribution >= 4 is 43.3 Å². The van der Waals surface area contributed by atoms with Crippen LogP contribution >= 0.6 is 35.0 Å². The van der Waals surface area contributed by atoms with Crippen LogP contribution in [0.25, 0.3) is 0 Å². The fourth-order valence-corrected chi connectivity index (χ4v) is 7.13. The molecule has 2 aromatic rings. The number of benzene rings is 2. The molecule has 0 bridgehead atoms. The summed E-state index contributed by atoms with van der Waals surface area (Å²) in [6.45, 7) is 22.9. The van der Waals surface area contributed by atoms with Crippen molar-refractivity contribution in [2.75, 3.05) is 0 Å². The minimum absolute atomic E-state index is 0.0483. The van der Waals surface area contributed by atoms with E-state index in [9.17, 15) is 0 Å². The van der Waals surface area contributed by atoms with Crippen LogP contribution in [-0.2, 0) is 4.43 Å². The number of nitrogens with one attached hydrogen (secondary N) is 1. The summed E-state index contributed by atoms with van der Waals surface area (Å²) in [4.78, 5) is 0. The summed E-state index contributed by atoms with van der Waals surface area (Å²) in [5.74, 6) is 0. The molecule has 0 aromatic heterocycles. The first-order valence-electron chi connectivity index (χ1n) is 12.7. The van der Waals surface area contributed by atoms with Gasteiger partial charge in [-0.05, 0) is 59.9 Å². The minimum atomic E-state index is -2.12. The highest BCUT2D eigenvalue weighted by Crippen LogP contribution is 2.44. The van der Waals surface area contributed by atoms with Crippen molar-refractivity contribution in [3.05, 3.63) is 69.7 Å². The van der Waals surface area contributed by atoms with Gasteiger partial charge in [0.2, 0.25) is 0 Å². The molecule has 0 aliphatic heterocycles. The number of halogens is 2. The number of thioether (sulfide) groups is 1. The molecule has 0 heterocycles. The van der Waals surface area contributed by atoms with E-state index in [1.165, 1.54) is 5.56 Å². The average Bonchev–Trinajstić information content (AvgIpc) is 2.72. The van der Waals surface area contributed by atoms with Gasteiger partial charge in [0.15, 0.2) is 8.32 Å². The average molecular weight is 555 g/mol. The summed E-state index contributed by atoms with van der Waals surface area (Å²) in [5, 5.41) is 6.02. The molecule has 4 atom stereocenters. The van der Waals surface area contributed by atoms with Crippen molar-refractivity contribution < 1.29 is 4.43 Å². The van der Waals surface area contributed by atoms with Gasteiger partial charge in [-0.15, -0.1) is 0 Å². The lowest BCUT2D eigenvalue weighted by Crippen LogP contribution is -2.47. The molecule has 0 aliphatic rings. The normalized spacial score (nSPS) is 16.6. The summed E-state index contributed by atoms with van der Waals surface area (Å²) in [6.07, 6.45) is 0.841. The Labute approximate surface area is 230 Å². The van der Waals surface area contributed by atoms with Crippen LogP contribution in [-0.4, -0.2) is 24.4 Å². The third-order valence-corrected chi connectivity index (χ3v) is 13.2. The zero-order valence-corrected chi connectivity index (χ0v) is 26.5. The van der Waals surface area contributed by atoms with Gasteiger partial charge in [0.1, 0.15) is 0 Å². The Morgan fingerprint density at radius 2 is 1.51 bits per heavy atom. The van der Waals surface area contributed by atoms with E-state index < -0.39 is 8.32 Å². The third-order valence-electron chi connectivity index (χ3n) is 6.88. The maximum Gasteiger partial charge on any atom is 0.193 e. The SMILES string of the molecule is CC[C@H](N[C@H](c1ccc(Cl)cc1)[C@H](O[Si](C)(C)C(C)(C)C)c1cccc(Cl)c1)[C@@H](C)SC(C)(C)C. The zero-order chi connectivity index (χ0) is 26.6. The van der Waals surface area contributed by atoms with Gasteiger partial charge < -0.3 is 9.74 Å². The molecule has 0 amide bonds. The Hall–Kier alpha value is -0.493. The molecule has 6 heteroatoms. The molecule has 0 unspecified atom stereocenters. The summed E-state index contributed by atoms with van der Waals surface area (Å²) in [6, 6.07) is 16.6. The van der Waals surface area contributed by atoms with E-state index >= 15 is 0 Å². The molecule has 0 saturated carbocycles. The smallest absolute Gasteiger partial charge is 0.193 e. The molecule has 0 spiro atoms. The van der Waals surface area contributed by atoms with Crippen LogP contribution in [0.1, 0.15) is 85.1 Å². The van der Waals surface area contributed by atoms with Crippen molar-refractivity contribution in [1.29, 1.82) is 0 Å². The van der Waals surface area contributed by atoms with Crippen molar-refractivity contribution in [3.8, 4) is 0 Å². The molecule has 2 aromatic carbocycles.